The Kier molecular flexibility index (Phi) is 7.16. The second-order valence-corrected chi connectivity index (χ2v) is 6.34. The summed E-state index contributed by atoms with van der Waals surface area (Å²) >= 11 is 0. The van der Waals surface area contributed by atoms with E-state index in [0.29, 0.717) is 13.1 Å². The Hall–Kier alpha value is -1.95. The van der Waals surface area contributed by atoms with E-state index in [1.807, 2.05) is 45.9 Å². The lowest BCUT2D eigenvalue weighted by atomic mass is 10.1. The Balaban J connectivity index is 2.44. The highest BCUT2D eigenvalue weighted by molar-refractivity contribution is 5.67. The number of carbonyl (C=O) groups is 1. The van der Waals surface area contributed by atoms with Crippen molar-refractivity contribution in [3.63, 3.8) is 0 Å². The van der Waals surface area contributed by atoms with Crippen molar-refractivity contribution in [2.75, 3.05) is 20.8 Å². The van der Waals surface area contributed by atoms with Gasteiger partial charge >= 0.3 is 6.09 Å². The zero-order valence-corrected chi connectivity index (χ0v) is 14.9. The molecule has 0 aromatic heterocycles. The van der Waals surface area contributed by atoms with Crippen molar-refractivity contribution in [2.24, 2.45) is 0 Å². The smallest absolute Gasteiger partial charge is 0.407 e. The van der Waals surface area contributed by atoms with Crippen LogP contribution in [0.3, 0.4) is 0 Å². The van der Waals surface area contributed by atoms with Gasteiger partial charge in [0.2, 0.25) is 0 Å². The quantitative estimate of drug-likeness (QED) is 0.807. The van der Waals surface area contributed by atoms with Crippen molar-refractivity contribution in [3.05, 3.63) is 23.8 Å². The number of nitrogens with one attached hydrogen (secondary N) is 2. The van der Waals surface area contributed by atoms with E-state index < -0.39 is 11.7 Å². The van der Waals surface area contributed by atoms with Gasteiger partial charge in [-0.25, -0.2) is 4.79 Å². The highest BCUT2D eigenvalue weighted by Gasteiger charge is 2.16. The third-order valence-corrected chi connectivity index (χ3v) is 3.09. The van der Waals surface area contributed by atoms with Crippen LogP contribution < -0.4 is 20.1 Å². The number of rotatable bonds is 7. The van der Waals surface area contributed by atoms with Gasteiger partial charge in [-0.1, -0.05) is 6.07 Å². The summed E-state index contributed by atoms with van der Waals surface area (Å²) in [5.74, 6) is 1.52. The molecule has 1 aromatic carbocycles. The van der Waals surface area contributed by atoms with Crippen LogP contribution in [0.5, 0.6) is 11.5 Å². The molecular formula is C17H28N2O4. The standard InChI is InChI=1S/C17H28N2O4/c1-12(10-19-16(20)23-17(2,3)4)18-11-13-7-8-14(21-5)9-15(13)22-6/h7-9,12,18H,10-11H2,1-6H3,(H,19,20). The molecule has 1 atom stereocenters. The zero-order chi connectivity index (χ0) is 17.5. The number of carbonyl (C=O) groups excluding carboxylic acids is 1. The Bertz CT molecular complexity index is 512. The first-order valence-electron chi connectivity index (χ1n) is 7.66. The molecular weight excluding hydrogens is 296 g/mol. The SMILES string of the molecule is COc1ccc(CNC(C)CNC(=O)OC(C)(C)C)c(OC)c1. The van der Waals surface area contributed by atoms with Crippen LogP contribution in [-0.4, -0.2) is 38.5 Å². The molecule has 6 nitrogen and oxygen atoms in total. The molecule has 130 valence electrons. The van der Waals surface area contributed by atoms with Crippen LogP contribution in [0.2, 0.25) is 0 Å². The Morgan fingerprint density at radius 2 is 1.91 bits per heavy atom. The van der Waals surface area contributed by atoms with E-state index in [1.165, 1.54) is 0 Å². The maximum absolute atomic E-state index is 11.6. The second-order valence-electron chi connectivity index (χ2n) is 6.34. The summed E-state index contributed by atoms with van der Waals surface area (Å²) in [4.78, 5) is 11.6. The first-order valence-corrected chi connectivity index (χ1v) is 7.66. The van der Waals surface area contributed by atoms with Crippen LogP contribution in [0.15, 0.2) is 18.2 Å². The van der Waals surface area contributed by atoms with Gasteiger partial charge < -0.3 is 24.8 Å². The van der Waals surface area contributed by atoms with Gasteiger partial charge in [0, 0.05) is 30.8 Å². The molecule has 0 radical (unpaired) electrons. The highest BCUT2D eigenvalue weighted by Crippen LogP contribution is 2.24. The van der Waals surface area contributed by atoms with Gasteiger partial charge in [-0.05, 0) is 33.8 Å². The topological polar surface area (TPSA) is 68.8 Å². The number of ether oxygens (including phenoxy) is 3. The highest BCUT2D eigenvalue weighted by atomic mass is 16.6. The molecule has 0 heterocycles. The second kappa shape index (κ2) is 8.62. The van der Waals surface area contributed by atoms with Crippen LogP contribution in [0.1, 0.15) is 33.3 Å². The molecule has 0 aliphatic rings. The van der Waals surface area contributed by atoms with Gasteiger partial charge in [-0.3, -0.25) is 0 Å². The molecule has 1 amide bonds. The monoisotopic (exact) mass is 324 g/mol. The largest absolute Gasteiger partial charge is 0.497 e. The summed E-state index contributed by atoms with van der Waals surface area (Å²) < 4.78 is 15.7. The molecule has 1 aromatic rings. The average molecular weight is 324 g/mol. The van der Waals surface area contributed by atoms with E-state index in [0.717, 1.165) is 17.1 Å². The molecule has 1 rings (SSSR count). The van der Waals surface area contributed by atoms with E-state index in [9.17, 15) is 4.79 Å². The van der Waals surface area contributed by atoms with E-state index in [4.69, 9.17) is 14.2 Å². The molecule has 2 N–H and O–H groups in total. The summed E-state index contributed by atoms with van der Waals surface area (Å²) in [6.07, 6.45) is -0.409. The normalized spacial score (nSPS) is 12.4. The molecule has 0 bridgehead atoms. The lowest BCUT2D eigenvalue weighted by Gasteiger charge is -2.21. The number of methoxy groups -OCH3 is 2. The maximum Gasteiger partial charge on any atom is 0.407 e. The molecule has 0 aliphatic heterocycles. The van der Waals surface area contributed by atoms with Crippen LogP contribution in [0.25, 0.3) is 0 Å². The van der Waals surface area contributed by atoms with Gasteiger partial charge in [0.05, 0.1) is 14.2 Å². The third-order valence-electron chi connectivity index (χ3n) is 3.09. The summed E-state index contributed by atoms with van der Waals surface area (Å²) in [6, 6.07) is 5.79. The lowest BCUT2D eigenvalue weighted by molar-refractivity contribution is 0.0523. The van der Waals surface area contributed by atoms with E-state index in [-0.39, 0.29) is 6.04 Å². The van der Waals surface area contributed by atoms with Crippen molar-refractivity contribution in [1.82, 2.24) is 10.6 Å². The van der Waals surface area contributed by atoms with Crippen LogP contribution in [0.4, 0.5) is 4.79 Å². The minimum Gasteiger partial charge on any atom is -0.497 e. The van der Waals surface area contributed by atoms with Crippen LogP contribution in [-0.2, 0) is 11.3 Å². The minimum absolute atomic E-state index is 0.0920. The Labute approximate surface area is 138 Å². The van der Waals surface area contributed by atoms with Crippen LogP contribution >= 0.6 is 0 Å². The average Bonchev–Trinajstić information content (AvgIpc) is 2.49. The fraction of sp³-hybridized carbons (Fsp3) is 0.588. The van der Waals surface area contributed by atoms with Gasteiger partial charge in [-0.2, -0.15) is 0 Å². The van der Waals surface area contributed by atoms with Crippen molar-refractivity contribution in [1.29, 1.82) is 0 Å². The zero-order valence-electron chi connectivity index (χ0n) is 14.9. The number of alkyl carbamates (subject to hydrolysis) is 1. The predicted octanol–water partition coefficient (Wildman–Crippen LogP) is 2.71. The minimum atomic E-state index is -0.489. The molecule has 0 aliphatic carbocycles. The molecule has 6 heteroatoms. The summed E-state index contributed by atoms with van der Waals surface area (Å²) in [7, 11) is 3.25. The number of hydrogen-bond donors (Lipinski definition) is 2. The van der Waals surface area contributed by atoms with E-state index >= 15 is 0 Å². The Morgan fingerprint density at radius 1 is 1.22 bits per heavy atom. The van der Waals surface area contributed by atoms with E-state index in [2.05, 4.69) is 10.6 Å². The van der Waals surface area contributed by atoms with Gasteiger partial charge in [0.1, 0.15) is 17.1 Å². The molecule has 0 saturated heterocycles. The van der Waals surface area contributed by atoms with Crippen molar-refractivity contribution in [2.45, 2.75) is 45.9 Å². The first kappa shape index (κ1) is 19.1. The van der Waals surface area contributed by atoms with Gasteiger partial charge in [0.15, 0.2) is 0 Å². The summed E-state index contributed by atoms with van der Waals surface area (Å²) in [5.41, 5.74) is 0.537. The lowest BCUT2D eigenvalue weighted by Crippen LogP contribution is -2.41. The molecule has 1 unspecified atom stereocenters. The number of hydrogen-bond acceptors (Lipinski definition) is 5. The first-order chi connectivity index (χ1) is 10.7. The molecule has 0 fully saturated rings. The predicted molar refractivity (Wildman–Crippen MR) is 90.1 cm³/mol. The maximum atomic E-state index is 11.6. The molecule has 0 saturated carbocycles. The van der Waals surface area contributed by atoms with Crippen LogP contribution in [0, 0.1) is 0 Å². The Morgan fingerprint density at radius 3 is 2.48 bits per heavy atom. The van der Waals surface area contributed by atoms with Crippen molar-refractivity contribution < 1.29 is 19.0 Å². The van der Waals surface area contributed by atoms with Gasteiger partial charge in [0.25, 0.3) is 0 Å². The summed E-state index contributed by atoms with van der Waals surface area (Å²) in [5, 5.41) is 6.09. The summed E-state index contributed by atoms with van der Waals surface area (Å²) in [6.45, 7) is 8.61. The fourth-order valence-electron chi connectivity index (χ4n) is 1.90. The molecule has 23 heavy (non-hydrogen) atoms. The fourth-order valence-corrected chi connectivity index (χ4v) is 1.90. The number of amides is 1. The third kappa shape index (κ3) is 7.23. The van der Waals surface area contributed by atoms with Gasteiger partial charge in [-0.15, -0.1) is 0 Å². The van der Waals surface area contributed by atoms with Crippen molar-refractivity contribution >= 4 is 6.09 Å². The number of benzene rings is 1. The van der Waals surface area contributed by atoms with Crippen molar-refractivity contribution in [3.8, 4) is 11.5 Å². The van der Waals surface area contributed by atoms with E-state index in [1.54, 1.807) is 14.2 Å². The molecule has 0 spiro atoms.